The third kappa shape index (κ3) is 21.9. The first-order chi connectivity index (χ1) is 12.4. The normalized spacial score (nSPS) is 12.3. The van der Waals surface area contributed by atoms with E-state index in [0.29, 0.717) is 12.3 Å². The number of carbonyl (C=O) groups excluding carboxylic acids is 2. The van der Waals surface area contributed by atoms with Gasteiger partial charge < -0.3 is 15.2 Å². The molecule has 0 saturated carbocycles. The number of esters is 1. The summed E-state index contributed by atoms with van der Waals surface area (Å²) in [5, 5.41) is 0. The molecule has 0 heterocycles. The summed E-state index contributed by atoms with van der Waals surface area (Å²) < 4.78 is 9.71. The Labute approximate surface area is 165 Å². The zero-order valence-electron chi connectivity index (χ0n) is 18.4. The minimum Gasteiger partial charge on any atom is -0.463 e. The maximum Gasteiger partial charge on any atom is 0.405 e. The predicted molar refractivity (Wildman–Crippen MR) is 112 cm³/mol. The van der Waals surface area contributed by atoms with E-state index in [1.807, 2.05) is 32.0 Å². The molecule has 1 rings (SSSR count). The van der Waals surface area contributed by atoms with Crippen LogP contribution < -0.4 is 5.73 Å². The van der Waals surface area contributed by atoms with Crippen molar-refractivity contribution in [1.29, 1.82) is 0 Å². The van der Waals surface area contributed by atoms with E-state index < -0.39 is 11.7 Å². The summed E-state index contributed by atoms with van der Waals surface area (Å²) in [5.41, 5.74) is 5.59. The summed E-state index contributed by atoms with van der Waals surface area (Å²) in [6, 6.07) is 10.3. The van der Waals surface area contributed by atoms with Crippen molar-refractivity contribution in [3.8, 4) is 0 Å². The summed E-state index contributed by atoms with van der Waals surface area (Å²) in [6.07, 6.45) is 1.95. The zero-order valence-corrected chi connectivity index (χ0v) is 18.4. The summed E-state index contributed by atoms with van der Waals surface area (Å²) in [6.45, 7) is 15.5. The van der Waals surface area contributed by atoms with E-state index in [1.165, 1.54) is 5.56 Å². The fourth-order valence-electron chi connectivity index (χ4n) is 1.93. The zero-order chi connectivity index (χ0) is 21.5. The Morgan fingerprint density at radius 2 is 1.59 bits per heavy atom. The molecule has 156 valence electrons. The largest absolute Gasteiger partial charge is 0.463 e. The first kappa shape index (κ1) is 27.2. The molecule has 1 amide bonds. The standard InChI is InChI=1S/C10H20O2.C7H8.C5H11NO2/c1-5-8(3)7-9(4)12-10(11)6-2;1-7-5-3-2-4-6-7;1-5(2,3)8-4(6)7/h8-9H,5-7H2,1-4H3;2-6H,1H3;1-3H3,(H2,6,7). The Kier molecular flexibility index (Phi) is 15.2. The van der Waals surface area contributed by atoms with E-state index in [2.05, 4.69) is 37.6 Å². The van der Waals surface area contributed by atoms with Gasteiger partial charge in [-0.3, -0.25) is 4.79 Å². The number of hydrogen-bond acceptors (Lipinski definition) is 4. The van der Waals surface area contributed by atoms with Crippen molar-refractivity contribution < 1.29 is 19.1 Å². The van der Waals surface area contributed by atoms with Crippen LogP contribution in [0.3, 0.4) is 0 Å². The highest BCUT2D eigenvalue weighted by Crippen LogP contribution is 2.12. The lowest BCUT2D eigenvalue weighted by atomic mass is 10.0. The van der Waals surface area contributed by atoms with Crippen LogP contribution in [0.4, 0.5) is 4.79 Å². The minimum absolute atomic E-state index is 0.0763. The first-order valence-corrected chi connectivity index (χ1v) is 9.60. The Morgan fingerprint density at radius 1 is 1.07 bits per heavy atom. The summed E-state index contributed by atoms with van der Waals surface area (Å²) >= 11 is 0. The van der Waals surface area contributed by atoms with Crippen LogP contribution in [0.2, 0.25) is 0 Å². The van der Waals surface area contributed by atoms with Crippen molar-refractivity contribution in [2.75, 3.05) is 0 Å². The molecule has 5 heteroatoms. The lowest BCUT2D eigenvalue weighted by Gasteiger charge is -2.16. The Hall–Kier alpha value is -2.04. The van der Waals surface area contributed by atoms with Crippen LogP contribution in [0.15, 0.2) is 30.3 Å². The number of primary amides is 1. The lowest BCUT2D eigenvalue weighted by molar-refractivity contribution is -0.148. The van der Waals surface area contributed by atoms with Gasteiger partial charge in [-0.2, -0.15) is 0 Å². The van der Waals surface area contributed by atoms with Crippen molar-refractivity contribution in [2.24, 2.45) is 11.7 Å². The summed E-state index contributed by atoms with van der Waals surface area (Å²) in [4.78, 5) is 20.9. The van der Waals surface area contributed by atoms with Crippen molar-refractivity contribution in [1.82, 2.24) is 0 Å². The van der Waals surface area contributed by atoms with Gasteiger partial charge in [0.1, 0.15) is 5.60 Å². The van der Waals surface area contributed by atoms with Gasteiger partial charge in [0.05, 0.1) is 6.10 Å². The second-order valence-corrected chi connectivity index (χ2v) is 7.59. The van der Waals surface area contributed by atoms with Crippen LogP contribution in [0, 0.1) is 12.8 Å². The monoisotopic (exact) mass is 381 g/mol. The van der Waals surface area contributed by atoms with Crippen LogP contribution >= 0.6 is 0 Å². The molecule has 2 N–H and O–H groups in total. The Bertz CT molecular complexity index is 509. The summed E-state index contributed by atoms with van der Waals surface area (Å²) in [5.74, 6) is 0.551. The van der Waals surface area contributed by atoms with Crippen molar-refractivity contribution in [2.45, 2.75) is 86.4 Å². The first-order valence-electron chi connectivity index (χ1n) is 9.60. The van der Waals surface area contributed by atoms with E-state index in [1.54, 1.807) is 20.8 Å². The summed E-state index contributed by atoms with van der Waals surface area (Å²) in [7, 11) is 0. The van der Waals surface area contributed by atoms with Gasteiger partial charge in [-0.15, -0.1) is 0 Å². The number of nitrogens with two attached hydrogens (primary N) is 1. The number of rotatable bonds is 5. The van der Waals surface area contributed by atoms with Gasteiger partial charge in [0, 0.05) is 6.42 Å². The number of hydrogen-bond donors (Lipinski definition) is 1. The molecule has 2 atom stereocenters. The van der Waals surface area contributed by atoms with Gasteiger partial charge in [0.2, 0.25) is 0 Å². The molecule has 5 nitrogen and oxygen atoms in total. The fraction of sp³-hybridized carbons (Fsp3) is 0.636. The number of ether oxygens (including phenoxy) is 2. The quantitative estimate of drug-likeness (QED) is 0.669. The number of benzene rings is 1. The van der Waals surface area contributed by atoms with Gasteiger partial charge in [-0.25, -0.2) is 4.79 Å². The fourth-order valence-corrected chi connectivity index (χ4v) is 1.93. The molecule has 0 aromatic heterocycles. The number of carbonyl (C=O) groups is 2. The smallest absolute Gasteiger partial charge is 0.405 e. The van der Waals surface area contributed by atoms with Gasteiger partial charge in [-0.05, 0) is 47.0 Å². The molecule has 0 aliphatic rings. The third-order valence-electron chi connectivity index (χ3n) is 3.40. The molecule has 0 aliphatic carbocycles. The van der Waals surface area contributed by atoms with E-state index in [0.717, 1.165) is 12.8 Å². The molecule has 2 unspecified atom stereocenters. The van der Waals surface area contributed by atoms with Gasteiger partial charge in [-0.1, -0.05) is 63.1 Å². The molecule has 0 bridgehead atoms. The molecule has 1 aromatic carbocycles. The van der Waals surface area contributed by atoms with E-state index in [-0.39, 0.29) is 12.1 Å². The van der Waals surface area contributed by atoms with E-state index in [9.17, 15) is 9.59 Å². The third-order valence-corrected chi connectivity index (χ3v) is 3.40. The highest BCUT2D eigenvalue weighted by atomic mass is 16.6. The van der Waals surface area contributed by atoms with Gasteiger partial charge in [0.15, 0.2) is 0 Å². The maximum absolute atomic E-state index is 10.9. The van der Waals surface area contributed by atoms with Crippen molar-refractivity contribution >= 4 is 12.1 Å². The van der Waals surface area contributed by atoms with Gasteiger partial charge >= 0.3 is 12.1 Å². The molecule has 27 heavy (non-hydrogen) atoms. The highest BCUT2D eigenvalue weighted by Gasteiger charge is 2.12. The molecule has 0 fully saturated rings. The lowest BCUT2D eigenvalue weighted by Crippen LogP contribution is -2.27. The van der Waals surface area contributed by atoms with E-state index >= 15 is 0 Å². The van der Waals surface area contributed by atoms with Gasteiger partial charge in [0.25, 0.3) is 0 Å². The molecule has 0 aliphatic heterocycles. The number of amides is 1. The van der Waals surface area contributed by atoms with Crippen LogP contribution in [0.1, 0.15) is 73.3 Å². The molecule has 0 spiro atoms. The van der Waals surface area contributed by atoms with Crippen LogP contribution in [-0.2, 0) is 14.3 Å². The average Bonchev–Trinajstić information content (AvgIpc) is 2.54. The second kappa shape index (κ2) is 15.1. The highest BCUT2D eigenvalue weighted by molar-refractivity contribution is 5.69. The van der Waals surface area contributed by atoms with Crippen molar-refractivity contribution in [3.63, 3.8) is 0 Å². The molecular weight excluding hydrogens is 342 g/mol. The Morgan fingerprint density at radius 3 is 1.85 bits per heavy atom. The van der Waals surface area contributed by atoms with Crippen LogP contribution in [-0.4, -0.2) is 23.8 Å². The predicted octanol–water partition coefficient (Wildman–Crippen LogP) is 5.64. The topological polar surface area (TPSA) is 78.6 Å². The molecule has 0 radical (unpaired) electrons. The molecule has 1 aromatic rings. The minimum atomic E-state index is -0.725. The average molecular weight is 382 g/mol. The second-order valence-electron chi connectivity index (χ2n) is 7.59. The molecular formula is C22H39NO4. The SMILES string of the molecule is CC(C)(C)OC(N)=O.CCC(=O)OC(C)CC(C)CC.Cc1ccccc1. The van der Waals surface area contributed by atoms with Crippen LogP contribution in [0.25, 0.3) is 0 Å². The van der Waals surface area contributed by atoms with E-state index in [4.69, 9.17) is 10.5 Å². The Balaban J connectivity index is 0. The van der Waals surface area contributed by atoms with Crippen LogP contribution in [0.5, 0.6) is 0 Å². The van der Waals surface area contributed by atoms with Crippen molar-refractivity contribution in [3.05, 3.63) is 35.9 Å². The molecule has 0 saturated heterocycles. The maximum atomic E-state index is 10.9. The number of aryl methyl sites for hydroxylation is 1.